The van der Waals surface area contributed by atoms with Crippen LogP contribution >= 0.6 is 0 Å². The zero-order chi connectivity index (χ0) is 22.2. The van der Waals surface area contributed by atoms with E-state index in [1.54, 1.807) is 31.3 Å². The molecule has 0 saturated carbocycles. The van der Waals surface area contributed by atoms with Gasteiger partial charge in [0.1, 0.15) is 28.5 Å². The van der Waals surface area contributed by atoms with Crippen molar-refractivity contribution in [1.82, 2.24) is 25.3 Å². The van der Waals surface area contributed by atoms with Crippen LogP contribution in [0.5, 0.6) is 17.2 Å². The SMILES string of the molecule is CNC(=O)c1ccc(Oc2cc(C(=O)Nc3cnn(C)n3)cc3c2CC(C)(C)O3)cn1. The quantitative estimate of drug-likeness (QED) is 0.647. The third-order valence-corrected chi connectivity index (χ3v) is 4.68. The first-order chi connectivity index (χ1) is 14.7. The molecule has 1 aliphatic heterocycles. The molecule has 2 N–H and O–H groups in total. The molecule has 0 atom stereocenters. The minimum Gasteiger partial charge on any atom is -0.487 e. The highest BCUT2D eigenvalue weighted by atomic mass is 16.5. The molecule has 0 bridgehead atoms. The van der Waals surface area contributed by atoms with E-state index in [1.165, 1.54) is 24.2 Å². The summed E-state index contributed by atoms with van der Waals surface area (Å²) in [6, 6.07) is 6.56. The zero-order valence-corrected chi connectivity index (χ0v) is 17.6. The van der Waals surface area contributed by atoms with Gasteiger partial charge in [0.15, 0.2) is 5.82 Å². The van der Waals surface area contributed by atoms with Gasteiger partial charge in [-0.25, -0.2) is 4.98 Å². The fourth-order valence-electron chi connectivity index (χ4n) is 3.29. The molecule has 4 rings (SSSR count). The molecule has 0 saturated heterocycles. The van der Waals surface area contributed by atoms with E-state index in [-0.39, 0.29) is 17.5 Å². The second-order valence-electron chi connectivity index (χ2n) is 7.72. The van der Waals surface area contributed by atoms with Crippen LogP contribution in [0.25, 0.3) is 0 Å². The number of ether oxygens (including phenoxy) is 2. The van der Waals surface area contributed by atoms with E-state index in [2.05, 4.69) is 25.8 Å². The second-order valence-corrected chi connectivity index (χ2v) is 7.72. The summed E-state index contributed by atoms with van der Waals surface area (Å²) in [4.78, 5) is 30.0. The number of carbonyl (C=O) groups excluding carboxylic acids is 2. The Labute approximate surface area is 178 Å². The summed E-state index contributed by atoms with van der Waals surface area (Å²) in [5.41, 5.74) is 1.06. The molecule has 1 aliphatic rings. The van der Waals surface area contributed by atoms with Crippen molar-refractivity contribution in [2.24, 2.45) is 7.05 Å². The van der Waals surface area contributed by atoms with Gasteiger partial charge in [-0.15, -0.1) is 5.10 Å². The van der Waals surface area contributed by atoms with Crippen molar-refractivity contribution in [2.75, 3.05) is 12.4 Å². The van der Waals surface area contributed by atoms with Crippen LogP contribution in [0.4, 0.5) is 5.82 Å². The summed E-state index contributed by atoms with van der Waals surface area (Å²) >= 11 is 0. The molecular weight excluding hydrogens is 400 g/mol. The number of benzene rings is 1. The fourth-order valence-corrected chi connectivity index (χ4v) is 3.29. The molecule has 0 radical (unpaired) electrons. The normalized spacial score (nSPS) is 13.8. The Kier molecular flexibility index (Phi) is 5.05. The van der Waals surface area contributed by atoms with Crippen molar-refractivity contribution in [3.05, 3.63) is 53.5 Å². The lowest BCUT2D eigenvalue weighted by Gasteiger charge is -2.16. The number of fused-ring (bicyclic) bond motifs is 1. The molecule has 1 aromatic carbocycles. The highest BCUT2D eigenvalue weighted by Crippen LogP contribution is 2.43. The Morgan fingerprint density at radius 2 is 2.00 bits per heavy atom. The number of hydrogen-bond donors (Lipinski definition) is 2. The van der Waals surface area contributed by atoms with Gasteiger partial charge in [0.25, 0.3) is 11.8 Å². The molecule has 2 amide bonds. The van der Waals surface area contributed by atoms with Gasteiger partial charge >= 0.3 is 0 Å². The Hall–Kier alpha value is -3.95. The van der Waals surface area contributed by atoms with Gasteiger partial charge in [-0.3, -0.25) is 9.59 Å². The summed E-state index contributed by atoms with van der Waals surface area (Å²) in [7, 11) is 3.20. The summed E-state index contributed by atoms with van der Waals surface area (Å²) in [6.07, 6.45) is 3.54. The number of nitrogens with zero attached hydrogens (tertiary/aromatic N) is 4. The molecule has 160 valence electrons. The summed E-state index contributed by atoms with van der Waals surface area (Å²) in [5.74, 6) is 1.19. The Bertz CT molecular complexity index is 1150. The number of aromatic nitrogens is 4. The molecule has 10 heteroatoms. The topological polar surface area (TPSA) is 120 Å². The number of nitrogens with one attached hydrogen (secondary N) is 2. The van der Waals surface area contributed by atoms with Gasteiger partial charge in [0, 0.05) is 31.6 Å². The van der Waals surface area contributed by atoms with Crippen molar-refractivity contribution in [3.8, 4) is 17.2 Å². The van der Waals surface area contributed by atoms with Gasteiger partial charge in [0.2, 0.25) is 0 Å². The molecule has 0 fully saturated rings. The third kappa shape index (κ3) is 4.32. The minimum absolute atomic E-state index is 0.279. The van der Waals surface area contributed by atoms with Gasteiger partial charge in [0.05, 0.1) is 12.4 Å². The van der Waals surface area contributed by atoms with E-state index in [0.29, 0.717) is 35.1 Å². The minimum atomic E-state index is -0.429. The molecule has 31 heavy (non-hydrogen) atoms. The predicted molar refractivity (Wildman–Crippen MR) is 112 cm³/mol. The van der Waals surface area contributed by atoms with Crippen LogP contribution in [-0.2, 0) is 13.5 Å². The van der Waals surface area contributed by atoms with Crippen LogP contribution in [0, 0.1) is 0 Å². The predicted octanol–water partition coefficient (Wildman–Crippen LogP) is 2.33. The molecule has 3 aromatic rings. The molecule has 10 nitrogen and oxygen atoms in total. The van der Waals surface area contributed by atoms with Crippen molar-refractivity contribution in [1.29, 1.82) is 0 Å². The largest absolute Gasteiger partial charge is 0.487 e. The van der Waals surface area contributed by atoms with E-state index in [0.717, 1.165) is 5.56 Å². The summed E-state index contributed by atoms with van der Waals surface area (Å²) < 4.78 is 12.1. The number of rotatable bonds is 5. The Morgan fingerprint density at radius 1 is 1.19 bits per heavy atom. The van der Waals surface area contributed by atoms with Crippen LogP contribution in [0.2, 0.25) is 0 Å². The zero-order valence-electron chi connectivity index (χ0n) is 17.6. The third-order valence-electron chi connectivity index (χ3n) is 4.68. The number of amides is 2. The van der Waals surface area contributed by atoms with E-state index in [9.17, 15) is 9.59 Å². The smallest absolute Gasteiger partial charge is 0.269 e. The first kappa shape index (κ1) is 20.3. The van der Waals surface area contributed by atoms with Crippen LogP contribution in [0.15, 0.2) is 36.7 Å². The first-order valence-electron chi connectivity index (χ1n) is 9.64. The van der Waals surface area contributed by atoms with E-state index < -0.39 is 5.60 Å². The molecule has 0 unspecified atom stereocenters. The van der Waals surface area contributed by atoms with Crippen LogP contribution in [0.1, 0.15) is 40.3 Å². The number of pyridine rings is 1. The fraction of sp³-hybridized carbons (Fsp3) is 0.286. The summed E-state index contributed by atoms with van der Waals surface area (Å²) in [6.45, 7) is 3.94. The van der Waals surface area contributed by atoms with E-state index in [1.807, 2.05) is 13.8 Å². The first-order valence-corrected chi connectivity index (χ1v) is 9.64. The number of hydrogen-bond acceptors (Lipinski definition) is 7. The van der Waals surface area contributed by atoms with Crippen molar-refractivity contribution < 1.29 is 19.1 Å². The average Bonchev–Trinajstić information content (AvgIpc) is 3.28. The van der Waals surface area contributed by atoms with Crippen LogP contribution in [0.3, 0.4) is 0 Å². The molecule has 2 aromatic heterocycles. The second kappa shape index (κ2) is 7.71. The standard InChI is InChI=1S/C21H22N6O4/c1-21(2)9-14-16(30-13-5-6-15(23-10-13)20(29)22-3)7-12(8-17(14)31-21)19(28)25-18-11-24-27(4)26-18/h5-8,10-11H,9H2,1-4H3,(H,22,29)(H,25,26,28). The number of aryl methyl sites for hydroxylation is 1. The highest BCUT2D eigenvalue weighted by Gasteiger charge is 2.34. The molecule has 3 heterocycles. The monoisotopic (exact) mass is 422 g/mol. The molecule has 0 aliphatic carbocycles. The van der Waals surface area contributed by atoms with E-state index >= 15 is 0 Å². The lowest BCUT2D eigenvalue weighted by molar-refractivity contribution is 0.0957. The maximum absolute atomic E-state index is 12.8. The van der Waals surface area contributed by atoms with Crippen molar-refractivity contribution in [3.63, 3.8) is 0 Å². The van der Waals surface area contributed by atoms with Crippen LogP contribution < -0.4 is 20.1 Å². The summed E-state index contributed by atoms with van der Waals surface area (Å²) in [5, 5.41) is 13.2. The van der Waals surface area contributed by atoms with Gasteiger partial charge in [-0.05, 0) is 38.1 Å². The Morgan fingerprint density at radius 3 is 2.65 bits per heavy atom. The number of anilines is 1. The lowest BCUT2D eigenvalue weighted by Crippen LogP contribution is -2.24. The highest BCUT2D eigenvalue weighted by molar-refractivity contribution is 6.04. The van der Waals surface area contributed by atoms with E-state index in [4.69, 9.17) is 9.47 Å². The van der Waals surface area contributed by atoms with Crippen molar-refractivity contribution in [2.45, 2.75) is 25.9 Å². The van der Waals surface area contributed by atoms with Crippen molar-refractivity contribution >= 4 is 17.6 Å². The molecular formula is C21H22N6O4. The average molecular weight is 422 g/mol. The maximum Gasteiger partial charge on any atom is 0.269 e. The van der Waals surface area contributed by atoms with Gasteiger partial charge in [-0.2, -0.15) is 9.90 Å². The van der Waals surface area contributed by atoms with Gasteiger partial charge in [-0.1, -0.05) is 0 Å². The number of carbonyl (C=O) groups is 2. The molecule has 0 spiro atoms. The maximum atomic E-state index is 12.8. The lowest BCUT2D eigenvalue weighted by atomic mass is 9.99. The van der Waals surface area contributed by atoms with Gasteiger partial charge < -0.3 is 20.1 Å². The Balaban J connectivity index is 1.64. The van der Waals surface area contributed by atoms with Crippen LogP contribution in [-0.4, -0.2) is 44.4 Å².